The van der Waals surface area contributed by atoms with Gasteiger partial charge in [0.25, 0.3) is 0 Å². The van der Waals surface area contributed by atoms with Crippen LogP contribution in [-0.2, 0) is 0 Å². The molecule has 0 spiro atoms. The van der Waals surface area contributed by atoms with Gasteiger partial charge in [-0.05, 0) is 31.9 Å². The summed E-state index contributed by atoms with van der Waals surface area (Å²) in [7, 11) is 0. The molecule has 2 aliphatic heterocycles. The van der Waals surface area contributed by atoms with Crippen molar-refractivity contribution in [1.29, 1.82) is 0 Å². The fourth-order valence-electron chi connectivity index (χ4n) is 3.49. The molecule has 2 heterocycles. The largest absolute Gasteiger partial charge is 0.388 e. The first-order valence-electron chi connectivity index (χ1n) is 7.55. The number of nitrogens with zero attached hydrogens (tertiary/aromatic N) is 2. The third kappa shape index (κ3) is 2.49. The van der Waals surface area contributed by atoms with E-state index in [2.05, 4.69) is 28.0 Å². The van der Waals surface area contributed by atoms with Gasteiger partial charge >= 0.3 is 0 Å². The molecule has 1 N–H and O–H groups in total. The zero-order valence-electron chi connectivity index (χ0n) is 11.8. The van der Waals surface area contributed by atoms with Gasteiger partial charge < -0.3 is 10.0 Å². The van der Waals surface area contributed by atoms with Gasteiger partial charge in [0.2, 0.25) is 0 Å². The summed E-state index contributed by atoms with van der Waals surface area (Å²) in [5.74, 6) is 0. The van der Waals surface area contributed by atoms with Gasteiger partial charge in [-0.3, -0.25) is 4.90 Å². The van der Waals surface area contributed by atoms with Crippen LogP contribution in [-0.4, -0.2) is 42.2 Å². The fraction of sp³-hybridized carbons (Fsp3) is 0.625. The Kier molecular flexibility index (Phi) is 3.76. The number of piperazine rings is 1. The number of aliphatic hydroxyl groups excluding tert-OH is 1. The Morgan fingerprint density at radius 1 is 1.26 bits per heavy atom. The van der Waals surface area contributed by atoms with Crippen molar-refractivity contribution in [1.82, 2.24) is 4.90 Å². The van der Waals surface area contributed by atoms with Gasteiger partial charge in [-0.2, -0.15) is 0 Å². The second-order valence-corrected chi connectivity index (χ2v) is 5.76. The first kappa shape index (κ1) is 12.9. The van der Waals surface area contributed by atoms with Crippen LogP contribution in [0.4, 0.5) is 5.69 Å². The summed E-state index contributed by atoms with van der Waals surface area (Å²) in [6, 6.07) is 9.08. The fourth-order valence-corrected chi connectivity index (χ4v) is 3.49. The van der Waals surface area contributed by atoms with Crippen molar-refractivity contribution in [3.63, 3.8) is 0 Å². The summed E-state index contributed by atoms with van der Waals surface area (Å²) in [5, 5.41) is 10.2. The monoisotopic (exact) mass is 260 g/mol. The van der Waals surface area contributed by atoms with Crippen LogP contribution in [0.5, 0.6) is 0 Å². The molecule has 3 heteroatoms. The molecule has 2 saturated heterocycles. The van der Waals surface area contributed by atoms with E-state index < -0.39 is 0 Å². The first-order chi connectivity index (χ1) is 9.29. The lowest BCUT2D eigenvalue weighted by molar-refractivity contribution is 0.173. The van der Waals surface area contributed by atoms with Crippen molar-refractivity contribution in [2.75, 3.05) is 31.1 Å². The van der Waals surface area contributed by atoms with Crippen molar-refractivity contribution in [2.24, 2.45) is 0 Å². The predicted octanol–water partition coefficient (Wildman–Crippen LogP) is 2.41. The Labute approximate surface area is 115 Å². The molecule has 0 radical (unpaired) electrons. The van der Waals surface area contributed by atoms with Gasteiger partial charge in [0.1, 0.15) is 0 Å². The van der Waals surface area contributed by atoms with E-state index in [1.165, 1.54) is 31.6 Å². The predicted molar refractivity (Wildman–Crippen MR) is 78.5 cm³/mol. The van der Waals surface area contributed by atoms with Crippen LogP contribution in [0.25, 0.3) is 0 Å². The molecular weight excluding hydrogens is 236 g/mol. The maximum absolute atomic E-state index is 10.2. The normalized spacial score (nSPS) is 25.4. The van der Waals surface area contributed by atoms with E-state index in [9.17, 15) is 5.11 Å². The van der Waals surface area contributed by atoms with E-state index in [1.54, 1.807) is 0 Å². The van der Waals surface area contributed by atoms with Crippen molar-refractivity contribution in [2.45, 2.75) is 38.3 Å². The Balaban J connectivity index is 1.82. The first-order valence-corrected chi connectivity index (χ1v) is 7.55. The molecule has 1 aromatic carbocycles. The molecule has 104 valence electrons. The Hall–Kier alpha value is -1.06. The highest BCUT2D eigenvalue weighted by atomic mass is 16.3. The zero-order valence-corrected chi connectivity index (χ0v) is 11.8. The highest BCUT2D eigenvalue weighted by molar-refractivity contribution is 5.55. The molecule has 0 aromatic heterocycles. The third-order valence-electron chi connectivity index (χ3n) is 4.61. The van der Waals surface area contributed by atoms with Crippen molar-refractivity contribution >= 4 is 5.69 Å². The van der Waals surface area contributed by atoms with Crippen LogP contribution in [0.2, 0.25) is 0 Å². The SMILES string of the molecule is CC[C@H](O)c1ccccc1N1CCN2CCCC2C1. The van der Waals surface area contributed by atoms with E-state index >= 15 is 0 Å². The molecule has 0 aliphatic carbocycles. The average molecular weight is 260 g/mol. The maximum atomic E-state index is 10.2. The number of rotatable bonds is 3. The van der Waals surface area contributed by atoms with E-state index in [0.29, 0.717) is 0 Å². The lowest BCUT2D eigenvalue weighted by Crippen LogP contribution is -2.50. The van der Waals surface area contributed by atoms with Gasteiger partial charge in [0.15, 0.2) is 0 Å². The second-order valence-electron chi connectivity index (χ2n) is 5.76. The summed E-state index contributed by atoms with van der Waals surface area (Å²) in [4.78, 5) is 5.09. The molecule has 1 aromatic rings. The summed E-state index contributed by atoms with van der Waals surface area (Å²) in [6.07, 6.45) is 3.12. The summed E-state index contributed by atoms with van der Waals surface area (Å²) in [6.45, 7) is 6.69. The topological polar surface area (TPSA) is 26.7 Å². The molecule has 3 nitrogen and oxygen atoms in total. The molecule has 19 heavy (non-hydrogen) atoms. The van der Waals surface area contributed by atoms with E-state index in [1.807, 2.05) is 13.0 Å². The van der Waals surface area contributed by atoms with Crippen molar-refractivity contribution < 1.29 is 5.11 Å². The molecule has 2 atom stereocenters. The van der Waals surface area contributed by atoms with Crippen LogP contribution in [0.1, 0.15) is 37.9 Å². The molecule has 3 rings (SSSR count). The van der Waals surface area contributed by atoms with Crippen molar-refractivity contribution in [3.05, 3.63) is 29.8 Å². The van der Waals surface area contributed by atoms with Gasteiger partial charge in [-0.15, -0.1) is 0 Å². The summed E-state index contributed by atoms with van der Waals surface area (Å²) in [5.41, 5.74) is 2.33. The van der Waals surface area contributed by atoms with Gasteiger partial charge in [-0.1, -0.05) is 25.1 Å². The molecule has 0 bridgehead atoms. The highest BCUT2D eigenvalue weighted by Gasteiger charge is 2.31. The Morgan fingerprint density at radius 2 is 2.11 bits per heavy atom. The van der Waals surface area contributed by atoms with Crippen LogP contribution in [0.3, 0.4) is 0 Å². The number of benzene rings is 1. The van der Waals surface area contributed by atoms with E-state index in [4.69, 9.17) is 0 Å². The number of hydrogen-bond donors (Lipinski definition) is 1. The standard InChI is InChI=1S/C16H24N2O/c1-2-16(19)14-7-3-4-8-15(14)18-11-10-17-9-5-6-13(17)12-18/h3-4,7-8,13,16,19H,2,5-6,9-12H2,1H3/t13?,16-/m0/s1. The highest BCUT2D eigenvalue weighted by Crippen LogP contribution is 2.31. The van der Waals surface area contributed by atoms with Crippen molar-refractivity contribution in [3.8, 4) is 0 Å². The van der Waals surface area contributed by atoms with Gasteiger partial charge in [0.05, 0.1) is 6.10 Å². The summed E-state index contributed by atoms with van der Waals surface area (Å²) < 4.78 is 0. The number of fused-ring (bicyclic) bond motifs is 1. The average Bonchev–Trinajstić information content (AvgIpc) is 2.93. The minimum absolute atomic E-state index is 0.335. The Bertz CT molecular complexity index is 435. The Morgan fingerprint density at radius 3 is 2.95 bits per heavy atom. The van der Waals surface area contributed by atoms with Crippen LogP contribution in [0, 0.1) is 0 Å². The zero-order chi connectivity index (χ0) is 13.2. The smallest absolute Gasteiger partial charge is 0.0807 e. The van der Waals surface area contributed by atoms with E-state index in [-0.39, 0.29) is 6.10 Å². The van der Waals surface area contributed by atoms with Crippen LogP contribution >= 0.6 is 0 Å². The molecule has 2 fully saturated rings. The quantitative estimate of drug-likeness (QED) is 0.904. The van der Waals surface area contributed by atoms with Crippen LogP contribution in [0.15, 0.2) is 24.3 Å². The van der Waals surface area contributed by atoms with Gasteiger partial charge in [0, 0.05) is 36.9 Å². The molecule has 1 unspecified atom stereocenters. The minimum Gasteiger partial charge on any atom is -0.388 e. The lowest BCUT2D eigenvalue weighted by Gasteiger charge is -2.40. The number of para-hydroxylation sites is 1. The lowest BCUT2D eigenvalue weighted by atomic mass is 10.0. The van der Waals surface area contributed by atoms with Crippen LogP contribution < -0.4 is 4.90 Å². The number of anilines is 1. The number of hydrogen-bond acceptors (Lipinski definition) is 3. The maximum Gasteiger partial charge on any atom is 0.0807 e. The van der Waals surface area contributed by atoms with Gasteiger partial charge in [-0.25, -0.2) is 0 Å². The third-order valence-corrected chi connectivity index (χ3v) is 4.61. The summed E-state index contributed by atoms with van der Waals surface area (Å²) >= 11 is 0. The van der Waals surface area contributed by atoms with E-state index in [0.717, 1.165) is 31.1 Å². The molecule has 2 aliphatic rings. The minimum atomic E-state index is -0.335. The number of aliphatic hydroxyl groups is 1. The molecular formula is C16H24N2O. The molecule has 0 amide bonds. The molecule has 0 saturated carbocycles. The second kappa shape index (κ2) is 5.51.